The zero-order valence-corrected chi connectivity index (χ0v) is 21.8. The summed E-state index contributed by atoms with van der Waals surface area (Å²) >= 11 is 6.59. The molecule has 0 saturated heterocycles. The predicted octanol–water partition coefficient (Wildman–Crippen LogP) is 5.14. The molecule has 1 aliphatic rings. The van der Waals surface area contributed by atoms with Crippen LogP contribution in [0, 0.1) is 12.7 Å². The number of oxazole rings is 1. The third-order valence-electron chi connectivity index (χ3n) is 5.94. The molecule has 0 aliphatic carbocycles. The molecule has 3 heterocycles. The van der Waals surface area contributed by atoms with Crippen LogP contribution in [-0.2, 0) is 9.53 Å². The summed E-state index contributed by atoms with van der Waals surface area (Å²) < 4.78 is 23.9. The number of pyridine rings is 1. The number of amides is 1. The number of guanidine groups is 1. The van der Waals surface area contributed by atoms with E-state index in [1.807, 2.05) is 13.0 Å². The minimum absolute atomic E-state index is 0.0835. The van der Waals surface area contributed by atoms with Gasteiger partial charge < -0.3 is 19.8 Å². The number of aliphatic imine (C=N–C) groups is 1. The molecule has 4 aromatic rings. The predicted molar refractivity (Wildman–Crippen MR) is 144 cm³/mol. The number of halogens is 2. The van der Waals surface area contributed by atoms with Crippen molar-refractivity contribution in [1.29, 1.82) is 0 Å². The maximum Gasteiger partial charge on any atom is 0.338 e. The lowest BCUT2D eigenvalue weighted by molar-refractivity contribution is -0.113. The number of rotatable bonds is 5. The van der Waals surface area contributed by atoms with E-state index in [0.717, 1.165) is 5.56 Å². The number of carbonyl (C=O) groups excluding carboxylic acids is 2. The van der Waals surface area contributed by atoms with Gasteiger partial charge in [0, 0.05) is 28.5 Å². The number of hydrogen-bond donors (Lipinski definition) is 3. The fraction of sp³-hybridized carbons (Fsp3) is 0.148. The Kier molecular flexibility index (Phi) is 6.99. The molecule has 12 heteroatoms. The summed E-state index contributed by atoms with van der Waals surface area (Å²) in [5.41, 5.74) is 3.23. The van der Waals surface area contributed by atoms with Crippen LogP contribution >= 0.6 is 11.6 Å². The molecule has 198 valence electrons. The quantitative estimate of drug-likeness (QED) is 0.292. The summed E-state index contributed by atoms with van der Waals surface area (Å²) in [5, 5.41) is 9.15. The molecule has 10 nitrogen and oxygen atoms in total. The number of carbonyl (C=O) groups is 2. The Bertz CT molecular complexity index is 1680. The molecule has 1 atom stereocenters. The molecule has 0 fully saturated rings. The van der Waals surface area contributed by atoms with Crippen LogP contribution in [0.15, 0.2) is 75.4 Å². The normalized spacial score (nSPS) is 15.0. The van der Waals surface area contributed by atoms with Crippen molar-refractivity contribution in [3.63, 3.8) is 0 Å². The van der Waals surface area contributed by atoms with Gasteiger partial charge in [0.15, 0.2) is 5.58 Å². The molecule has 3 N–H and O–H groups in total. The highest BCUT2D eigenvalue weighted by Gasteiger charge is 2.31. The molecule has 5 rings (SSSR count). The van der Waals surface area contributed by atoms with Gasteiger partial charge in [-0.3, -0.25) is 10.1 Å². The van der Waals surface area contributed by atoms with Gasteiger partial charge in [0.25, 0.3) is 5.91 Å². The summed E-state index contributed by atoms with van der Waals surface area (Å²) in [6.45, 7) is 3.61. The largest absolute Gasteiger partial charge is 0.465 e. The topological polar surface area (TPSA) is 131 Å². The van der Waals surface area contributed by atoms with Crippen molar-refractivity contribution in [2.75, 3.05) is 17.7 Å². The van der Waals surface area contributed by atoms with Crippen molar-refractivity contribution >= 4 is 52.4 Å². The molecule has 2 aromatic carbocycles. The second-order valence-corrected chi connectivity index (χ2v) is 9.11. The molecule has 0 spiro atoms. The highest BCUT2D eigenvalue weighted by atomic mass is 35.5. The first-order valence-electron chi connectivity index (χ1n) is 11.7. The molecule has 0 saturated carbocycles. The first kappa shape index (κ1) is 25.9. The lowest BCUT2D eigenvalue weighted by Gasteiger charge is -2.27. The van der Waals surface area contributed by atoms with Crippen LogP contribution in [0.2, 0.25) is 5.02 Å². The van der Waals surface area contributed by atoms with Crippen LogP contribution in [0.5, 0.6) is 0 Å². The number of fused-ring (bicyclic) bond motifs is 1. The second-order valence-electron chi connectivity index (χ2n) is 8.70. The Morgan fingerprint density at radius 1 is 1.13 bits per heavy atom. The van der Waals surface area contributed by atoms with E-state index in [0.29, 0.717) is 21.8 Å². The highest BCUT2D eigenvalue weighted by molar-refractivity contribution is 6.31. The van der Waals surface area contributed by atoms with Crippen LogP contribution in [-0.4, -0.2) is 34.9 Å². The van der Waals surface area contributed by atoms with Crippen molar-refractivity contribution < 1.29 is 23.1 Å². The maximum absolute atomic E-state index is 13.6. The highest BCUT2D eigenvalue weighted by Crippen LogP contribution is 2.36. The summed E-state index contributed by atoms with van der Waals surface area (Å²) in [6, 6.07) is 11.6. The first-order chi connectivity index (χ1) is 18.7. The SMILES string of the molecule is COC(=O)c1ccnc(NC(=O)C2=C(C)NC(Nc3nc4ccc(F)cc4o3)=N[C@@H]2c2ccc(C)cc2Cl)c1. The Morgan fingerprint density at radius 3 is 2.72 bits per heavy atom. The third kappa shape index (κ3) is 5.43. The molecule has 1 amide bonds. The van der Waals surface area contributed by atoms with Gasteiger partial charge >= 0.3 is 12.0 Å². The van der Waals surface area contributed by atoms with Crippen molar-refractivity contribution in [3.8, 4) is 0 Å². The van der Waals surface area contributed by atoms with E-state index in [1.54, 1.807) is 19.1 Å². The van der Waals surface area contributed by atoms with Crippen molar-refractivity contribution in [1.82, 2.24) is 15.3 Å². The number of methoxy groups -OCH3 is 1. The first-order valence-corrected chi connectivity index (χ1v) is 12.1. The van der Waals surface area contributed by atoms with Gasteiger partial charge in [-0.05, 0) is 49.7 Å². The maximum atomic E-state index is 13.6. The molecule has 1 aliphatic heterocycles. The van der Waals surface area contributed by atoms with E-state index in [2.05, 4.69) is 25.9 Å². The standard InChI is InChI=1S/C27H22ClFN6O4/c1-13-4-6-17(18(28)10-13)23-22(24(36)33-21-11-15(8-9-30-21)25(37)38-3)14(2)31-26(34-23)35-27-32-19-7-5-16(29)12-20(19)39-27/h4-12,23H,1-3H3,(H,30,33,36)(H2,31,32,34,35)/t23-/m1/s1. The number of benzene rings is 2. The summed E-state index contributed by atoms with van der Waals surface area (Å²) in [7, 11) is 1.27. The fourth-order valence-corrected chi connectivity index (χ4v) is 4.43. The van der Waals surface area contributed by atoms with E-state index in [9.17, 15) is 14.0 Å². The van der Waals surface area contributed by atoms with Crippen LogP contribution < -0.4 is 16.0 Å². The van der Waals surface area contributed by atoms with E-state index in [4.69, 9.17) is 25.7 Å². The number of ether oxygens (including phenoxy) is 1. The van der Waals surface area contributed by atoms with Gasteiger partial charge in [0.1, 0.15) is 23.2 Å². The average Bonchev–Trinajstić information content (AvgIpc) is 3.29. The van der Waals surface area contributed by atoms with Gasteiger partial charge in [-0.1, -0.05) is 23.7 Å². The van der Waals surface area contributed by atoms with Gasteiger partial charge in [-0.2, -0.15) is 4.98 Å². The van der Waals surface area contributed by atoms with Crippen LogP contribution in [0.4, 0.5) is 16.2 Å². The van der Waals surface area contributed by atoms with Crippen LogP contribution in [0.1, 0.15) is 34.5 Å². The minimum atomic E-state index is -0.826. The molecular weight excluding hydrogens is 527 g/mol. The zero-order chi connectivity index (χ0) is 27.7. The number of nitrogens with one attached hydrogen (secondary N) is 3. The smallest absolute Gasteiger partial charge is 0.338 e. The Hall–Kier alpha value is -4.77. The minimum Gasteiger partial charge on any atom is -0.465 e. The molecule has 2 aromatic heterocycles. The van der Waals surface area contributed by atoms with E-state index in [-0.39, 0.29) is 34.5 Å². The number of allylic oxidation sites excluding steroid dienone is 1. The monoisotopic (exact) mass is 548 g/mol. The molecule has 0 unspecified atom stereocenters. The van der Waals surface area contributed by atoms with Gasteiger partial charge in [0.2, 0.25) is 5.96 Å². The van der Waals surface area contributed by atoms with Gasteiger partial charge in [0.05, 0.1) is 18.2 Å². The summed E-state index contributed by atoms with van der Waals surface area (Å²) in [5.74, 6) is -1.12. The second kappa shape index (κ2) is 10.5. The molecular formula is C27H22ClFN6O4. The van der Waals surface area contributed by atoms with E-state index >= 15 is 0 Å². The lowest BCUT2D eigenvalue weighted by Crippen LogP contribution is -2.37. The van der Waals surface area contributed by atoms with Gasteiger partial charge in [-0.15, -0.1) is 0 Å². The Labute approximate surface area is 227 Å². The average molecular weight is 549 g/mol. The van der Waals surface area contributed by atoms with Crippen LogP contribution in [0.25, 0.3) is 11.1 Å². The molecule has 0 radical (unpaired) electrons. The molecule has 39 heavy (non-hydrogen) atoms. The summed E-state index contributed by atoms with van der Waals surface area (Å²) in [4.78, 5) is 38.6. The number of esters is 1. The molecule has 0 bridgehead atoms. The van der Waals surface area contributed by atoms with E-state index < -0.39 is 23.7 Å². The number of aryl methyl sites for hydroxylation is 1. The number of nitrogens with zero attached hydrogens (tertiary/aromatic N) is 3. The third-order valence-corrected chi connectivity index (χ3v) is 6.26. The van der Waals surface area contributed by atoms with Crippen molar-refractivity contribution in [2.24, 2.45) is 4.99 Å². The van der Waals surface area contributed by atoms with Crippen LogP contribution in [0.3, 0.4) is 0 Å². The Morgan fingerprint density at radius 2 is 1.95 bits per heavy atom. The zero-order valence-electron chi connectivity index (χ0n) is 21.0. The Balaban J connectivity index is 1.49. The van der Waals surface area contributed by atoms with Crippen molar-refractivity contribution in [3.05, 3.63) is 93.5 Å². The summed E-state index contributed by atoms with van der Waals surface area (Å²) in [6.07, 6.45) is 1.39. The number of anilines is 2. The number of hydrogen-bond acceptors (Lipinski definition) is 9. The van der Waals surface area contributed by atoms with E-state index in [1.165, 1.54) is 43.6 Å². The fourth-order valence-electron chi connectivity index (χ4n) is 4.09. The number of aromatic nitrogens is 2. The lowest BCUT2D eigenvalue weighted by atomic mass is 9.95. The van der Waals surface area contributed by atoms with Crippen molar-refractivity contribution in [2.45, 2.75) is 19.9 Å². The van der Waals surface area contributed by atoms with Gasteiger partial charge in [-0.25, -0.2) is 19.2 Å².